The summed E-state index contributed by atoms with van der Waals surface area (Å²) in [5, 5.41) is 3.08. The first-order valence-corrected chi connectivity index (χ1v) is 4.03. The quantitative estimate of drug-likeness (QED) is 0.459. The summed E-state index contributed by atoms with van der Waals surface area (Å²) >= 11 is 0. The molecule has 1 unspecified atom stereocenters. The van der Waals surface area contributed by atoms with Gasteiger partial charge in [-0.2, -0.15) is 6.08 Å². The Balaban J connectivity index is 0. The minimum Gasteiger partial charge on any atom is -0.471 e. The third-order valence-corrected chi connectivity index (χ3v) is 2.04. The Labute approximate surface area is 131 Å². The normalized spacial score (nSPS) is 16.3. The standard InChI is InChI=1S/C10H15N2.CH3.K/c1-8-5-6-11-10(7-8)9(2)12(3)4;;/h5,7,9,11H,1H2,2-4H3;1H3;/q2*-1;+1. The summed E-state index contributed by atoms with van der Waals surface area (Å²) < 4.78 is 0. The Morgan fingerprint density at radius 3 is 2.50 bits per heavy atom. The van der Waals surface area contributed by atoms with E-state index < -0.39 is 0 Å². The molecule has 0 saturated carbocycles. The Hall–Kier alpha value is 0.616. The molecule has 0 radical (unpaired) electrons. The van der Waals surface area contributed by atoms with E-state index in [4.69, 9.17) is 0 Å². The Kier molecular flexibility index (Phi) is 9.55. The van der Waals surface area contributed by atoms with Gasteiger partial charge in [0.05, 0.1) is 0 Å². The maximum absolute atomic E-state index is 3.85. The fourth-order valence-corrected chi connectivity index (χ4v) is 0.993. The molecule has 0 saturated heterocycles. The van der Waals surface area contributed by atoms with Gasteiger partial charge in [-0.15, -0.1) is 24.4 Å². The summed E-state index contributed by atoms with van der Waals surface area (Å²) in [7, 11) is 4.10. The van der Waals surface area contributed by atoms with Crippen LogP contribution in [0, 0.1) is 13.6 Å². The zero-order valence-corrected chi connectivity index (χ0v) is 13.0. The monoisotopic (exact) mass is 217 g/mol. The fourth-order valence-electron chi connectivity index (χ4n) is 0.993. The number of hydrogen-bond acceptors (Lipinski definition) is 2. The van der Waals surface area contributed by atoms with Gasteiger partial charge in [0, 0.05) is 6.04 Å². The summed E-state index contributed by atoms with van der Waals surface area (Å²) in [4.78, 5) is 2.14. The molecular weight excluding hydrogens is 199 g/mol. The van der Waals surface area contributed by atoms with Crippen LogP contribution in [0.3, 0.4) is 0 Å². The van der Waals surface area contributed by atoms with Crippen molar-refractivity contribution < 1.29 is 51.4 Å². The predicted molar refractivity (Wildman–Crippen MR) is 57.7 cm³/mol. The van der Waals surface area contributed by atoms with Crippen molar-refractivity contribution in [3.63, 3.8) is 0 Å². The van der Waals surface area contributed by atoms with E-state index in [2.05, 4.69) is 29.9 Å². The number of allylic oxidation sites excluding steroid dienone is 3. The Morgan fingerprint density at radius 1 is 1.50 bits per heavy atom. The molecule has 0 aromatic carbocycles. The molecule has 74 valence electrons. The van der Waals surface area contributed by atoms with Gasteiger partial charge in [-0.1, -0.05) is 12.6 Å². The van der Waals surface area contributed by atoms with Crippen molar-refractivity contribution in [2.75, 3.05) is 14.1 Å². The van der Waals surface area contributed by atoms with Gasteiger partial charge < -0.3 is 17.6 Å². The molecule has 0 spiro atoms. The number of nitrogens with zero attached hydrogens (tertiary/aromatic N) is 1. The average molecular weight is 217 g/mol. The van der Waals surface area contributed by atoms with Crippen LogP contribution in [0.15, 0.2) is 30.0 Å². The molecule has 0 bridgehead atoms. The van der Waals surface area contributed by atoms with E-state index in [0.717, 1.165) is 11.3 Å². The Bertz CT molecular complexity index is 242. The SMILES string of the molecule is C=C1C=[C-]NC(C(C)N(C)C)=C1.[CH3-].[K+]. The molecule has 1 N–H and O–H groups in total. The van der Waals surface area contributed by atoms with Crippen LogP contribution in [0.25, 0.3) is 0 Å². The second kappa shape index (κ2) is 7.85. The van der Waals surface area contributed by atoms with E-state index in [0.29, 0.717) is 6.04 Å². The summed E-state index contributed by atoms with van der Waals surface area (Å²) in [6, 6.07) is 0.378. The molecular formula is C11H18KN2-. The van der Waals surface area contributed by atoms with Gasteiger partial charge in [0.15, 0.2) is 0 Å². The predicted octanol–water partition coefficient (Wildman–Crippen LogP) is -1.25. The molecule has 1 aliphatic heterocycles. The molecule has 1 aliphatic rings. The van der Waals surface area contributed by atoms with Gasteiger partial charge in [-0.25, -0.2) is 0 Å². The van der Waals surface area contributed by atoms with E-state index in [9.17, 15) is 0 Å². The first-order valence-electron chi connectivity index (χ1n) is 4.03. The van der Waals surface area contributed by atoms with Crippen molar-refractivity contribution in [1.29, 1.82) is 0 Å². The van der Waals surface area contributed by atoms with E-state index in [-0.39, 0.29) is 58.8 Å². The summed E-state index contributed by atoms with van der Waals surface area (Å²) in [6.45, 7) is 5.99. The van der Waals surface area contributed by atoms with E-state index in [1.54, 1.807) is 0 Å². The maximum Gasteiger partial charge on any atom is 1.00 e. The molecule has 0 fully saturated rings. The van der Waals surface area contributed by atoms with Gasteiger partial charge in [-0.3, -0.25) is 0 Å². The Morgan fingerprint density at radius 2 is 2.07 bits per heavy atom. The van der Waals surface area contributed by atoms with Crippen molar-refractivity contribution in [1.82, 2.24) is 10.2 Å². The first-order chi connectivity index (χ1) is 5.61. The molecule has 1 atom stereocenters. The third kappa shape index (κ3) is 4.91. The number of dihydropyridines is 1. The van der Waals surface area contributed by atoms with E-state index >= 15 is 0 Å². The second-order valence-electron chi connectivity index (χ2n) is 3.23. The third-order valence-electron chi connectivity index (χ3n) is 2.04. The topological polar surface area (TPSA) is 15.3 Å². The number of hydrogen-bond donors (Lipinski definition) is 1. The maximum atomic E-state index is 3.85. The summed E-state index contributed by atoms with van der Waals surface area (Å²) in [5.41, 5.74) is 2.14. The first kappa shape index (κ1) is 17.0. The van der Waals surface area contributed by atoms with Crippen LogP contribution in [0.2, 0.25) is 0 Å². The van der Waals surface area contributed by atoms with Gasteiger partial charge >= 0.3 is 51.4 Å². The molecule has 0 aliphatic carbocycles. The summed E-state index contributed by atoms with van der Waals surface area (Å²) in [5.74, 6) is 0. The van der Waals surface area contributed by atoms with Crippen LogP contribution >= 0.6 is 0 Å². The number of nitrogens with one attached hydrogen (secondary N) is 1. The second-order valence-corrected chi connectivity index (χ2v) is 3.23. The molecule has 14 heavy (non-hydrogen) atoms. The molecule has 0 aromatic rings. The van der Waals surface area contributed by atoms with Crippen molar-refractivity contribution in [2.45, 2.75) is 13.0 Å². The minimum absolute atomic E-state index is 0. The van der Waals surface area contributed by atoms with E-state index in [1.807, 2.05) is 26.2 Å². The average Bonchev–Trinajstić information content (AvgIpc) is 2.03. The fraction of sp³-hybridized carbons (Fsp3) is 0.364. The van der Waals surface area contributed by atoms with Crippen LogP contribution in [0.4, 0.5) is 0 Å². The molecule has 3 heteroatoms. The number of likely N-dealkylation sites (N-methyl/N-ethyl adjacent to an activating group) is 1. The zero-order valence-electron chi connectivity index (χ0n) is 9.89. The molecule has 0 amide bonds. The summed E-state index contributed by atoms with van der Waals surface area (Å²) in [6.07, 6.45) is 6.83. The van der Waals surface area contributed by atoms with Gasteiger partial charge in [0.2, 0.25) is 0 Å². The molecule has 0 aromatic heterocycles. The van der Waals surface area contributed by atoms with Crippen LogP contribution in [0.5, 0.6) is 0 Å². The van der Waals surface area contributed by atoms with Crippen LogP contribution < -0.4 is 56.7 Å². The van der Waals surface area contributed by atoms with Crippen LogP contribution in [-0.4, -0.2) is 25.0 Å². The van der Waals surface area contributed by atoms with Crippen LogP contribution in [-0.2, 0) is 0 Å². The smallest absolute Gasteiger partial charge is 0.471 e. The molecule has 1 heterocycles. The van der Waals surface area contributed by atoms with Crippen molar-refractivity contribution in [3.8, 4) is 0 Å². The minimum atomic E-state index is 0. The van der Waals surface area contributed by atoms with E-state index in [1.165, 1.54) is 0 Å². The molecule has 2 nitrogen and oxygen atoms in total. The van der Waals surface area contributed by atoms with Gasteiger partial charge in [-0.05, 0) is 14.1 Å². The largest absolute Gasteiger partial charge is 1.00 e. The van der Waals surface area contributed by atoms with Crippen LogP contribution in [0.1, 0.15) is 6.92 Å². The zero-order chi connectivity index (χ0) is 9.14. The van der Waals surface area contributed by atoms with Gasteiger partial charge in [0.1, 0.15) is 0 Å². The van der Waals surface area contributed by atoms with Crippen molar-refractivity contribution in [2.24, 2.45) is 0 Å². The van der Waals surface area contributed by atoms with Crippen molar-refractivity contribution >= 4 is 0 Å². The molecule has 1 rings (SSSR count). The van der Waals surface area contributed by atoms with Crippen molar-refractivity contribution in [3.05, 3.63) is 43.6 Å². The number of rotatable bonds is 2. The van der Waals surface area contributed by atoms with Gasteiger partial charge in [0.25, 0.3) is 0 Å².